The Kier molecular flexibility index (Phi) is 5.93. The monoisotopic (exact) mass is 498 g/mol. The lowest BCUT2D eigenvalue weighted by Crippen LogP contribution is -2.39. The Balaban J connectivity index is 1.94. The number of hydrogen-bond donors (Lipinski definition) is 1. The molecule has 158 valence electrons. The number of aromatic nitrogens is 1. The van der Waals surface area contributed by atoms with Gasteiger partial charge in [-0.1, -0.05) is 51.5 Å². The molecule has 0 spiro atoms. The molecule has 1 aliphatic rings. The summed E-state index contributed by atoms with van der Waals surface area (Å²) in [5.74, 6) is -0.326. The van der Waals surface area contributed by atoms with Crippen molar-refractivity contribution in [2.24, 2.45) is 4.99 Å². The Bertz CT molecular complexity index is 1350. The van der Waals surface area contributed by atoms with Crippen LogP contribution in [0.25, 0.3) is 6.08 Å². The second-order valence-corrected chi connectivity index (χ2v) is 8.87. The summed E-state index contributed by atoms with van der Waals surface area (Å²) in [6, 6.07) is 13.5. The summed E-state index contributed by atoms with van der Waals surface area (Å²) in [6.07, 6.45) is 1.76. The highest BCUT2D eigenvalue weighted by molar-refractivity contribution is 9.10. The number of ether oxygens (including phenoxy) is 1. The van der Waals surface area contributed by atoms with Crippen molar-refractivity contribution in [3.63, 3.8) is 0 Å². The van der Waals surface area contributed by atoms with Gasteiger partial charge in [0.15, 0.2) is 4.80 Å². The van der Waals surface area contributed by atoms with Crippen molar-refractivity contribution in [1.29, 1.82) is 0 Å². The predicted molar refractivity (Wildman–Crippen MR) is 123 cm³/mol. The molecule has 2 heterocycles. The Labute approximate surface area is 190 Å². The molecule has 0 fully saturated rings. The Morgan fingerprint density at radius 2 is 1.90 bits per heavy atom. The number of halogens is 1. The largest absolute Gasteiger partial charge is 0.508 e. The highest BCUT2D eigenvalue weighted by Gasteiger charge is 2.33. The lowest BCUT2D eigenvalue weighted by molar-refractivity contribution is -0.139. The molecule has 0 amide bonds. The molecule has 3 aromatic rings. The standard InChI is InChI=1S/C23H19BrN2O4S/c1-3-30-22(29)19-13(2)25-23-26(20(19)15-6-8-16(24)9-7-15)21(28)18(31-23)12-14-4-10-17(27)11-5-14/h4-12,20,27H,3H2,1-2H3/t20-/m1/s1. The summed E-state index contributed by atoms with van der Waals surface area (Å²) in [6.45, 7) is 3.73. The number of nitrogens with zero attached hydrogens (tertiary/aromatic N) is 2. The molecule has 4 rings (SSSR count). The molecular weight excluding hydrogens is 480 g/mol. The van der Waals surface area contributed by atoms with Gasteiger partial charge in [0.1, 0.15) is 5.75 Å². The predicted octanol–water partition coefficient (Wildman–Crippen LogP) is 3.27. The number of rotatable bonds is 4. The van der Waals surface area contributed by atoms with Crippen LogP contribution in [0.2, 0.25) is 0 Å². The van der Waals surface area contributed by atoms with Gasteiger partial charge in [0.05, 0.1) is 28.5 Å². The Morgan fingerprint density at radius 3 is 2.55 bits per heavy atom. The van der Waals surface area contributed by atoms with Crippen LogP contribution < -0.4 is 14.9 Å². The molecule has 0 bridgehead atoms. The summed E-state index contributed by atoms with van der Waals surface area (Å²) in [5, 5.41) is 9.50. The first-order valence-corrected chi connectivity index (χ1v) is 11.2. The number of thiazole rings is 1. The minimum absolute atomic E-state index is 0.156. The normalized spacial score (nSPS) is 16.1. The van der Waals surface area contributed by atoms with E-state index in [4.69, 9.17) is 4.74 Å². The van der Waals surface area contributed by atoms with Gasteiger partial charge in [0, 0.05) is 4.47 Å². The minimum atomic E-state index is -0.634. The fourth-order valence-corrected chi connectivity index (χ4v) is 4.78. The van der Waals surface area contributed by atoms with Crippen molar-refractivity contribution in [2.45, 2.75) is 19.9 Å². The van der Waals surface area contributed by atoms with E-state index < -0.39 is 12.0 Å². The molecule has 6 nitrogen and oxygen atoms in total. The highest BCUT2D eigenvalue weighted by atomic mass is 79.9. The van der Waals surface area contributed by atoms with Crippen molar-refractivity contribution in [2.75, 3.05) is 6.61 Å². The first-order valence-electron chi connectivity index (χ1n) is 9.63. The molecule has 2 aromatic carbocycles. The average molecular weight is 499 g/mol. The Hall–Kier alpha value is -2.97. The van der Waals surface area contributed by atoms with Crippen molar-refractivity contribution >= 4 is 39.3 Å². The van der Waals surface area contributed by atoms with E-state index in [1.807, 2.05) is 24.3 Å². The fourth-order valence-electron chi connectivity index (χ4n) is 3.47. The van der Waals surface area contributed by atoms with E-state index in [2.05, 4.69) is 20.9 Å². The summed E-state index contributed by atoms with van der Waals surface area (Å²) in [5.41, 5.74) is 2.22. The van der Waals surface area contributed by atoms with Crippen LogP contribution in [-0.2, 0) is 9.53 Å². The van der Waals surface area contributed by atoms with Gasteiger partial charge in [0.2, 0.25) is 0 Å². The summed E-state index contributed by atoms with van der Waals surface area (Å²) in [4.78, 5) is 31.3. The topological polar surface area (TPSA) is 80.9 Å². The maximum atomic E-state index is 13.4. The van der Waals surface area contributed by atoms with Crippen molar-refractivity contribution in [3.05, 3.63) is 95.1 Å². The molecule has 0 aliphatic carbocycles. The number of phenolic OH excluding ortho intramolecular Hbond substituents is 1. The first kappa shape index (κ1) is 21.3. The third-order valence-corrected chi connectivity index (χ3v) is 6.41. The highest BCUT2D eigenvalue weighted by Crippen LogP contribution is 2.31. The van der Waals surface area contributed by atoms with Crippen LogP contribution in [0.3, 0.4) is 0 Å². The van der Waals surface area contributed by atoms with Gasteiger partial charge in [0.25, 0.3) is 5.56 Å². The van der Waals surface area contributed by atoms with Gasteiger partial charge < -0.3 is 9.84 Å². The lowest BCUT2D eigenvalue weighted by Gasteiger charge is -2.24. The van der Waals surface area contributed by atoms with E-state index in [-0.39, 0.29) is 17.9 Å². The van der Waals surface area contributed by atoms with Crippen LogP contribution in [0.1, 0.15) is 31.0 Å². The number of esters is 1. The minimum Gasteiger partial charge on any atom is -0.508 e. The van der Waals surface area contributed by atoms with Gasteiger partial charge >= 0.3 is 5.97 Å². The fraction of sp³-hybridized carbons (Fsp3) is 0.174. The van der Waals surface area contributed by atoms with E-state index in [0.29, 0.717) is 20.6 Å². The number of carbonyl (C=O) groups is 1. The number of fused-ring (bicyclic) bond motifs is 1. The third kappa shape index (κ3) is 4.13. The molecule has 8 heteroatoms. The van der Waals surface area contributed by atoms with Crippen LogP contribution >= 0.6 is 27.3 Å². The van der Waals surface area contributed by atoms with Crippen molar-refractivity contribution in [3.8, 4) is 5.75 Å². The van der Waals surface area contributed by atoms with E-state index in [1.165, 1.54) is 11.3 Å². The number of hydrogen-bond acceptors (Lipinski definition) is 6. The molecule has 0 saturated carbocycles. The van der Waals surface area contributed by atoms with Crippen LogP contribution in [0.5, 0.6) is 5.75 Å². The summed E-state index contributed by atoms with van der Waals surface area (Å²) < 4.78 is 8.23. The van der Waals surface area contributed by atoms with Crippen LogP contribution in [0, 0.1) is 0 Å². The number of benzene rings is 2. The number of aromatic hydroxyl groups is 1. The molecule has 1 aliphatic heterocycles. The smallest absolute Gasteiger partial charge is 0.338 e. The van der Waals surface area contributed by atoms with Gasteiger partial charge in [-0.2, -0.15) is 0 Å². The number of allylic oxidation sites excluding steroid dienone is 1. The van der Waals surface area contributed by atoms with Crippen LogP contribution in [0.15, 0.2) is 74.1 Å². The zero-order chi connectivity index (χ0) is 22.1. The quantitative estimate of drug-likeness (QED) is 0.559. The molecule has 0 saturated heterocycles. The average Bonchev–Trinajstić information content (AvgIpc) is 3.04. The van der Waals surface area contributed by atoms with Gasteiger partial charge in [-0.25, -0.2) is 9.79 Å². The van der Waals surface area contributed by atoms with E-state index in [1.54, 1.807) is 48.8 Å². The maximum absolute atomic E-state index is 13.4. The van der Waals surface area contributed by atoms with E-state index >= 15 is 0 Å². The molecule has 1 aromatic heterocycles. The molecule has 0 radical (unpaired) electrons. The lowest BCUT2D eigenvalue weighted by atomic mass is 9.96. The third-order valence-electron chi connectivity index (χ3n) is 4.89. The van der Waals surface area contributed by atoms with Crippen LogP contribution in [-0.4, -0.2) is 22.2 Å². The molecule has 0 unspecified atom stereocenters. The second kappa shape index (κ2) is 8.64. The van der Waals surface area contributed by atoms with Crippen molar-refractivity contribution in [1.82, 2.24) is 4.57 Å². The molecule has 1 atom stereocenters. The van der Waals surface area contributed by atoms with Gasteiger partial charge in [-0.3, -0.25) is 9.36 Å². The molecule has 31 heavy (non-hydrogen) atoms. The number of phenols is 1. The molecule has 1 N–H and O–H groups in total. The van der Waals surface area contributed by atoms with Gasteiger partial charge in [-0.15, -0.1) is 0 Å². The second-order valence-electron chi connectivity index (χ2n) is 6.95. The zero-order valence-electron chi connectivity index (χ0n) is 16.8. The number of carbonyl (C=O) groups excluding carboxylic acids is 1. The molecular formula is C23H19BrN2O4S. The first-order chi connectivity index (χ1) is 14.9. The zero-order valence-corrected chi connectivity index (χ0v) is 19.2. The Morgan fingerprint density at radius 1 is 1.23 bits per heavy atom. The summed E-state index contributed by atoms with van der Waals surface area (Å²) >= 11 is 4.69. The van der Waals surface area contributed by atoms with E-state index in [0.717, 1.165) is 15.6 Å². The maximum Gasteiger partial charge on any atom is 0.338 e. The van der Waals surface area contributed by atoms with Crippen molar-refractivity contribution < 1.29 is 14.6 Å². The van der Waals surface area contributed by atoms with Gasteiger partial charge in [-0.05, 0) is 55.3 Å². The summed E-state index contributed by atoms with van der Waals surface area (Å²) in [7, 11) is 0. The SMILES string of the molecule is CCOC(=O)C1=C(C)N=c2sc(=Cc3ccc(O)cc3)c(=O)n2[C@@H]1c1ccc(Br)cc1. The van der Waals surface area contributed by atoms with Crippen LogP contribution in [0.4, 0.5) is 0 Å². The van der Waals surface area contributed by atoms with E-state index in [9.17, 15) is 14.7 Å².